The van der Waals surface area contributed by atoms with E-state index in [1.165, 1.54) is 23.6 Å². The molecule has 0 spiro atoms. The van der Waals surface area contributed by atoms with Crippen molar-refractivity contribution in [2.45, 2.75) is 58.9 Å². The Morgan fingerprint density at radius 2 is 1.69 bits per heavy atom. The number of nitrogens with zero attached hydrogens (tertiary/aromatic N) is 2. The second kappa shape index (κ2) is 11.3. The van der Waals surface area contributed by atoms with Gasteiger partial charge in [-0.25, -0.2) is 4.39 Å². The molecule has 0 saturated heterocycles. The Bertz CT molecular complexity index is 1200. The Hall–Kier alpha value is -3.48. The van der Waals surface area contributed by atoms with E-state index in [9.17, 15) is 18.8 Å². The molecule has 1 aromatic heterocycles. The molecule has 2 aromatic carbocycles. The van der Waals surface area contributed by atoms with Crippen LogP contribution in [-0.2, 0) is 15.1 Å². The van der Waals surface area contributed by atoms with Crippen LogP contribution in [0.25, 0.3) is 10.9 Å². The number of carbonyl (C=O) groups excluding carboxylic acids is 3. The number of benzene rings is 2. The molecule has 0 aliphatic heterocycles. The third-order valence-corrected chi connectivity index (χ3v) is 6.43. The van der Waals surface area contributed by atoms with Crippen LogP contribution < -0.4 is 5.32 Å². The van der Waals surface area contributed by atoms with Crippen molar-refractivity contribution in [1.29, 1.82) is 0 Å². The molecule has 6 nitrogen and oxygen atoms in total. The van der Waals surface area contributed by atoms with Gasteiger partial charge in [-0.15, -0.1) is 0 Å². The van der Waals surface area contributed by atoms with E-state index in [0.717, 1.165) is 12.8 Å². The molecule has 0 bridgehead atoms. The highest BCUT2D eigenvalue weighted by Crippen LogP contribution is 2.37. The van der Waals surface area contributed by atoms with Crippen LogP contribution in [0.3, 0.4) is 0 Å². The molecule has 2 amide bonds. The molecule has 186 valence electrons. The second-order valence-electron chi connectivity index (χ2n) is 8.77. The van der Waals surface area contributed by atoms with E-state index in [4.69, 9.17) is 0 Å². The van der Waals surface area contributed by atoms with E-state index < -0.39 is 11.4 Å². The highest BCUT2D eigenvalue weighted by Gasteiger charge is 2.45. The number of carbonyl (C=O) groups is 3. The van der Waals surface area contributed by atoms with Crippen molar-refractivity contribution in [2.75, 3.05) is 13.1 Å². The van der Waals surface area contributed by atoms with Crippen LogP contribution in [0, 0.1) is 5.82 Å². The van der Waals surface area contributed by atoms with Gasteiger partial charge in [-0.2, -0.15) is 0 Å². The molecule has 1 heterocycles. The minimum atomic E-state index is -1.43. The van der Waals surface area contributed by atoms with Crippen LogP contribution in [0.1, 0.15) is 69.3 Å². The summed E-state index contributed by atoms with van der Waals surface area (Å²) in [6.07, 6.45) is 4.41. The van der Waals surface area contributed by atoms with Crippen LogP contribution in [0.5, 0.6) is 0 Å². The highest BCUT2D eigenvalue weighted by molar-refractivity contribution is 6.05. The number of hydrogen-bond acceptors (Lipinski definition) is 3. The zero-order valence-electron chi connectivity index (χ0n) is 20.9. The zero-order valence-corrected chi connectivity index (χ0v) is 20.9. The van der Waals surface area contributed by atoms with Gasteiger partial charge < -0.3 is 10.2 Å². The van der Waals surface area contributed by atoms with Crippen LogP contribution in [0.2, 0.25) is 0 Å². The summed E-state index contributed by atoms with van der Waals surface area (Å²) in [7, 11) is 0. The first-order valence-electron chi connectivity index (χ1n) is 12.3. The van der Waals surface area contributed by atoms with Gasteiger partial charge in [-0.05, 0) is 50.6 Å². The molecule has 0 aliphatic carbocycles. The first-order valence-corrected chi connectivity index (χ1v) is 12.3. The summed E-state index contributed by atoms with van der Waals surface area (Å²) in [4.78, 5) is 41.7. The summed E-state index contributed by atoms with van der Waals surface area (Å²) in [5.41, 5.74) is -0.0554. The Balaban J connectivity index is 2.33. The quantitative estimate of drug-likeness (QED) is 0.404. The lowest BCUT2D eigenvalue weighted by atomic mass is 9.82. The van der Waals surface area contributed by atoms with Crippen molar-refractivity contribution in [3.8, 4) is 0 Å². The largest absolute Gasteiger partial charge is 0.341 e. The standard InChI is InChI=1S/C28H34FN3O3/c1-5-8-12-17-28(30-20(4)33,27(35)31(6-2)7-3)24-19-32(25-16-15-22(29)18-23(24)25)26(34)21-13-10-9-11-14-21/h9-11,13-16,18-19H,5-8,12,17H2,1-4H3,(H,30,33). The number of halogens is 1. The minimum absolute atomic E-state index is 0.260. The maximum atomic E-state index is 14.5. The highest BCUT2D eigenvalue weighted by atomic mass is 19.1. The van der Waals surface area contributed by atoms with Gasteiger partial charge in [-0.1, -0.05) is 44.4 Å². The van der Waals surface area contributed by atoms with E-state index in [2.05, 4.69) is 12.2 Å². The van der Waals surface area contributed by atoms with Crippen molar-refractivity contribution in [3.63, 3.8) is 0 Å². The van der Waals surface area contributed by atoms with Crippen molar-refractivity contribution < 1.29 is 18.8 Å². The Kier molecular flexibility index (Phi) is 8.43. The lowest BCUT2D eigenvalue weighted by Crippen LogP contribution is -2.57. The van der Waals surface area contributed by atoms with E-state index in [1.807, 2.05) is 19.9 Å². The number of hydrogen-bond donors (Lipinski definition) is 1. The van der Waals surface area contributed by atoms with Crippen LogP contribution >= 0.6 is 0 Å². The maximum absolute atomic E-state index is 14.5. The van der Waals surface area contributed by atoms with Gasteiger partial charge in [0.15, 0.2) is 0 Å². The predicted octanol–water partition coefficient (Wildman–Crippen LogP) is 5.25. The number of likely N-dealkylation sites (N-methyl/N-ethyl adjacent to an activating group) is 1. The van der Waals surface area contributed by atoms with Crippen molar-refractivity contribution in [1.82, 2.24) is 14.8 Å². The summed E-state index contributed by atoms with van der Waals surface area (Å²) in [6.45, 7) is 8.12. The molecule has 0 radical (unpaired) electrons. The number of aromatic nitrogens is 1. The summed E-state index contributed by atoms with van der Waals surface area (Å²) in [5.74, 6) is -1.41. The lowest BCUT2D eigenvalue weighted by molar-refractivity contribution is -0.142. The fourth-order valence-electron chi connectivity index (χ4n) is 4.69. The number of unbranched alkanes of at least 4 members (excludes halogenated alkanes) is 2. The summed E-state index contributed by atoms with van der Waals surface area (Å²) < 4.78 is 16.0. The second-order valence-corrected chi connectivity index (χ2v) is 8.77. The third-order valence-electron chi connectivity index (χ3n) is 6.43. The van der Waals surface area contributed by atoms with Crippen molar-refractivity contribution in [2.24, 2.45) is 0 Å². The fraction of sp³-hybridized carbons (Fsp3) is 0.393. The number of amides is 2. The Morgan fingerprint density at radius 3 is 2.29 bits per heavy atom. The number of fused-ring (bicyclic) bond motifs is 1. The normalized spacial score (nSPS) is 12.8. The van der Waals surface area contributed by atoms with E-state index in [1.54, 1.807) is 41.4 Å². The molecule has 0 saturated carbocycles. The summed E-state index contributed by atoms with van der Waals surface area (Å²) in [6, 6.07) is 13.0. The van der Waals surface area contributed by atoms with Gasteiger partial charge >= 0.3 is 0 Å². The van der Waals surface area contributed by atoms with Crippen LogP contribution in [0.4, 0.5) is 4.39 Å². The molecule has 35 heavy (non-hydrogen) atoms. The van der Waals surface area contributed by atoms with E-state index >= 15 is 0 Å². The van der Waals surface area contributed by atoms with Crippen molar-refractivity contribution >= 4 is 28.6 Å². The molecular formula is C28H34FN3O3. The Labute approximate surface area is 206 Å². The lowest BCUT2D eigenvalue weighted by Gasteiger charge is -2.37. The monoisotopic (exact) mass is 479 g/mol. The smallest absolute Gasteiger partial charge is 0.262 e. The van der Waals surface area contributed by atoms with Gasteiger partial charge in [0.1, 0.15) is 11.4 Å². The maximum Gasteiger partial charge on any atom is 0.262 e. The van der Waals surface area contributed by atoms with E-state index in [-0.39, 0.29) is 17.7 Å². The first kappa shape index (κ1) is 26.1. The van der Waals surface area contributed by atoms with Crippen molar-refractivity contribution in [3.05, 3.63) is 71.7 Å². The molecule has 7 heteroatoms. The molecule has 1 unspecified atom stereocenters. The molecule has 0 fully saturated rings. The predicted molar refractivity (Wildman–Crippen MR) is 136 cm³/mol. The first-order chi connectivity index (χ1) is 16.8. The summed E-state index contributed by atoms with van der Waals surface area (Å²) >= 11 is 0. The molecule has 0 aliphatic rings. The van der Waals surface area contributed by atoms with Crippen LogP contribution in [-0.4, -0.2) is 40.3 Å². The molecule has 3 rings (SSSR count). The number of rotatable bonds is 10. The SMILES string of the molecule is CCCCCC(NC(C)=O)(C(=O)N(CC)CC)c1cn(C(=O)c2ccccc2)c2ccc(F)cc12. The molecular weight excluding hydrogens is 445 g/mol. The summed E-state index contributed by atoms with van der Waals surface area (Å²) in [5, 5.41) is 3.37. The van der Waals surface area contributed by atoms with Crippen LogP contribution in [0.15, 0.2) is 54.7 Å². The topological polar surface area (TPSA) is 71.4 Å². The minimum Gasteiger partial charge on any atom is -0.341 e. The average Bonchev–Trinajstić information content (AvgIpc) is 3.23. The molecule has 1 atom stereocenters. The average molecular weight is 480 g/mol. The fourth-order valence-corrected chi connectivity index (χ4v) is 4.69. The third kappa shape index (κ3) is 5.29. The van der Waals surface area contributed by atoms with Gasteiger partial charge in [0.25, 0.3) is 11.8 Å². The van der Waals surface area contributed by atoms with Gasteiger partial charge in [0.2, 0.25) is 5.91 Å². The zero-order chi connectivity index (χ0) is 25.6. The Morgan fingerprint density at radius 1 is 1.00 bits per heavy atom. The van der Waals surface area contributed by atoms with E-state index in [0.29, 0.717) is 48.0 Å². The van der Waals surface area contributed by atoms with Gasteiger partial charge in [0.05, 0.1) is 5.52 Å². The number of nitrogens with one attached hydrogen (secondary N) is 1. The van der Waals surface area contributed by atoms with Gasteiger partial charge in [-0.3, -0.25) is 19.0 Å². The van der Waals surface area contributed by atoms with Gasteiger partial charge in [0, 0.05) is 42.7 Å². The molecule has 1 N–H and O–H groups in total. The molecule has 3 aromatic rings.